The number of methoxy groups -OCH3 is 1. The Morgan fingerprint density at radius 3 is 2.64 bits per heavy atom. The Balaban J connectivity index is 2.25. The molecule has 14 heavy (non-hydrogen) atoms. The maximum Gasteiger partial charge on any atom is 0.0911 e. The molecule has 1 aliphatic rings. The molecule has 3 N–H and O–H groups in total. The molecule has 0 spiro atoms. The van der Waals surface area contributed by atoms with E-state index in [9.17, 15) is 0 Å². The second kappa shape index (κ2) is 4.75. The van der Waals surface area contributed by atoms with E-state index >= 15 is 0 Å². The molecule has 1 fully saturated rings. The fraction of sp³-hybridized carbons (Fsp3) is 0.900. The summed E-state index contributed by atoms with van der Waals surface area (Å²) in [7, 11) is 3.82. The van der Waals surface area contributed by atoms with E-state index in [2.05, 4.69) is 11.9 Å². The highest BCUT2D eigenvalue weighted by Crippen LogP contribution is 2.49. The Morgan fingerprint density at radius 2 is 2.21 bits per heavy atom. The quantitative estimate of drug-likeness (QED) is 0.468. The zero-order chi connectivity index (χ0) is 10.6. The molecule has 1 aliphatic carbocycles. The van der Waals surface area contributed by atoms with Gasteiger partial charge in [0, 0.05) is 26.6 Å². The molecule has 0 aromatic carbocycles. The van der Waals surface area contributed by atoms with E-state index in [1.165, 1.54) is 12.8 Å². The van der Waals surface area contributed by atoms with Crippen LogP contribution in [0, 0.1) is 10.8 Å². The fourth-order valence-electron chi connectivity index (χ4n) is 1.87. The van der Waals surface area contributed by atoms with Gasteiger partial charge in [-0.3, -0.25) is 5.41 Å². The van der Waals surface area contributed by atoms with Gasteiger partial charge >= 0.3 is 0 Å². The molecular weight excluding hydrogens is 178 g/mol. The fourth-order valence-corrected chi connectivity index (χ4v) is 1.87. The number of nitrogens with one attached hydrogen (secondary N) is 1. The van der Waals surface area contributed by atoms with Crippen molar-refractivity contribution in [3.63, 3.8) is 0 Å². The summed E-state index contributed by atoms with van der Waals surface area (Å²) in [6.45, 7) is 2.76. The number of hydrogen-bond donors (Lipinski definition) is 2. The Morgan fingerprint density at radius 1 is 1.57 bits per heavy atom. The third kappa shape index (κ3) is 3.64. The molecule has 0 aromatic heterocycles. The summed E-state index contributed by atoms with van der Waals surface area (Å²) in [4.78, 5) is 2.26. The first-order valence-electron chi connectivity index (χ1n) is 5.08. The second-order valence-electron chi connectivity index (χ2n) is 4.43. The van der Waals surface area contributed by atoms with Gasteiger partial charge < -0.3 is 15.4 Å². The highest BCUT2D eigenvalue weighted by atomic mass is 16.5. The number of nitrogens with two attached hydrogens (primary N) is 1. The first-order valence-corrected chi connectivity index (χ1v) is 5.08. The highest BCUT2D eigenvalue weighted by molar-refractivity contribution is 5.78. The van der Waals surface area contributed by atoms with Crippen LogP contribution in [0.3, 0.4) is 0 Å². The first kappa shape index (κ1) is 11.5. The van der Waals surface area contributed by atoms with Crippen LogP contribution in [0.25, 0.3) is 0 Å². The molecule has 0 aromatic rings. The zero-order valence-corrected chi connectivity index (χ0v) is 9.18. The van der Waals surface area contributed by atoms with Crippen molar-refractivity contribution in [1.82, 2.24) is 4.90 Å². The van der Waals surface area contributed by atoms with Crippen LogP contribution in [-0.4, -0.2) is 44.6 Å². The van der Waals surface area contributed by atoms with Crippen LogP contribution in [0.4, 0.5) is 0 Å². The third-order valence-corrected chi connectivity index (χ3v) is 2.81. The topological polar surface area (TPSA) is 62.3 Å². The maximum absolute atomic E-state index is 7.31. The Bertz CT molecular complexity index is 202. The Kier molecular flexibility index (Phi) is 3.89. The van der Waals surface area contributed by atoms with E-state index < -0.39 is 0 Å². The molecule has 1 rings (SSSR count). The first-order chi connectivity index (χ1) is 6.58. The maximum atomic E-state index is 7.31. The van der Waals surface area contributed by atoms with Gasteiger partial charge in [-0.15, -0.1) is 0 Å². The number of amidine groups is 1. The monoisotopic (exact) mass is 199 g/mol. The molecule has 1 saturated carbocycles. The lowest BCUT2D eigenvalue weighted by atomic mass is 10.0. The number of nitrogens with zero attached hydrogens (tertiary/aromatic N) is 1. The summed E-state index contributed by atoms with van der Waals surface area (Å²) >= 11 is 0. The van der Waals surface area contributed by atoms with Gasteiger partial charge in [0.05, 0.1) is 12.4 Å². The Labute approximate surface area is 85.9 Å². The second-order valence-corrected chi connectivity index (χ2v) is 4.43. The van der Waals surface area contributed by atoms with Gasteiger partial charge in [-0.2, -0.15) is 0 Å². The molecule has 0 bridgehead atoms. The number of hydrogen-bond acceptors (Lipinski definition) is 3. The van der Waals surface area contributed by atoms with Crippen molar-refractivity contribution in [3.05, 3.63) is 0 Å². The standard InChI is InChI=1S/C10H21N3O/c1-13(5-6-14-2)8-10(3-4-10)7-9(11)12/h3-8H2,1-2H3,(H3,11,12). The van der Waals surface area contributed by atoms with Crippen molar-refractivity contribution in [2.45, 2.75) is 19.3 Å². The molecule has 0 atom stereocenters. The smallest absolute Gasteiger partial charge is 0.0911 e. The molecule has 4 heteroatoms. The number of ether oxygens (including phenoxy) is 1. The predicted molar refractivity (Wildman–Crippen MR) is 57.6 cm³/mol. The molecule has 82 valence electrons. The van der Waals surface area contributed by atoms with Crippen molar-refractivity contribution >= 4 is 5.84 Å². The van der Waals surface area contributed by atoms with Crippen molar-refractivity contribution in [2.75, 3.05) is 33.9 Å². The number of likely N-dealkylation sites (N-methyl/N-ethyl adjacent to an activating group) is 1. The number of rotatable bonds is 7. The van der Waals surface area contributed by atoms with Crippen molar-refractivity contribution in [2.24, 2.45) is 11.1 Å². The van der Waals surface area contributed by atoms with E-state index in [0.29, 0.717) is 11.3 Å². The van der Waals surface area contributed by atoms with Gasteiger partial charge in [-0.25, -0.2) is 0 Å². The summed E-state index contributed by atoms with van der Waals surface area (Å²) in [5.41, 5.74) is 5.75. The van der Waals surface area contributed by atoms with Crippen LogP contribution in [0.5, 0.6) is 0 Å². The van der Waals surface area contributed by atoms with Gasteiger partial charge in [0.25, 0.3) is 0 Å². The molecule has 4 nitrogen and oxygen atoms in total. The van der Waals surface area contributed by atoms with Crippen LogP contribution in [0.1, 0.15) is 19.3 Å². The molecule has 0 amide bonds. The van der Waals surface area contributed by atoms with Crippen LogP contribution in [0.15, 0.2) is 0 Å². The van der Waals surface area contributed by atoms with E-state index in [1.54, 1.807) is 7.11 Å². The molecule has 0 aliphatic heterocycles. The van der Waals surface area contributed by atoms with Crippen molar-refractivity contribution in [1.29, 1.82) is 5.41 Å². The molecule has 0 unspecified atom stereocenters. The average Bonchev–Trinajstić information content (AvgIpc) is 2.80. The van der Waals surface area contributed by atoms with E-state index in [0.717, 1.165) is 26.1 Å². The molecule has 0 heterocycles. The average molecular weight is 199 g/mol. The third-order valence-electron chi connectivity index (χ3n) is 2.81. The molecular formula is C10H21N3O. The van der Waals surface area contributed by atoms with Gasteiger partial charge in [-0.05, 0) is 25.3 Å². The van der Waals surface area contributed by atoms with E-state index in [-0.39, 0.29) is 0 Å². The minimum Gasteiger partial charge on any atom is -0.388 e. The summed E-state index contributed by atoms with van der Waals surface area (Å²) in [5, 5.41) is 7.31. The summed E-state index contributed by atoms with van der Waals surface area (Å²) in [6.07, 6.45) is 3.18. The minimum absolute atomic E-state index is 0.314. The molecule has 0 radical (unpaired) electrons. The van der Waals surface area contributed by atoms with Gasteiger partial charge in [-0.1, -0.05) is 0 Å². The summed E-state index contributed by atoms with van der Waals surface area (Å²) in [6, 6.07) is 0. The normalized spacial score (nSPS) is 18.5. The van der Waals surface area contributed by atoms with Crippen molar-refractivity contribution in [3.8, 4) is 0 Å². The van der Waals surface area contributed by atoms with Gasteiger partial charge in [0.2, 0.25) is 0 Å². The predicted octanol–water partition coefficient (Wildman–Crippen LogP) is 0.671. The Hall–Kier alpha value is -0.610. The lowest BCUT2D eigenvalue weighted by Crippen LogP contribution is -2.32. The van der Waals surface area contributed by atoms with Gasteiger partial charge in [0.1, 0.15) is 0 Å². The molecule has 0 saturated heterocycles. The van der Waals surface area contributed by atoms with Crippen LogP contribution >= 0.6 is 0 Å². The van der Waals surface area contributed by atoms with E-state index in [1.807, 2.05) is 0 Å². The SMILES string of the molecule is COCCN(C)CC1(CC(=N)N)CC1. The van der Waals surface area contributed by atoms with Crippen LogP contribution in [-0.2, 0) is 4.74 Å². The summed E-state index contributed by atoms with van der Waals surface area (Å²) in [5.74, 6) is 0.322. The lowest BCUT2D eigenvalue weighted by Gasteiger charge is -2.22. The van der Waals surface area contributed by atoms with E-state index in [4.69, 9.17) is 15.9 Å². The van der Waals surface area contributed by atoms with Crippen LogP contribution < -0.4 is 5.73 Å². The van der Waals surface area contributed by atoms with Crippen molar-refractivity contribution < 1.29 is 4.74 Å². The van der Waals surface area contributed by atoms with Gasteiger partial charge in [0.15, 0.2) is 0 Å². The minimum atomic E-state index is 0.314. The van der Waals surface area contributed by atoms with Crippen LogP contribution in [0.2, 0.25) is 0 Å². The zero-order valence-electron chi connectivity index (χ0n) is 9.18. The lowest BCUT2D eigenvalue weighted by molar-refractivity contribution is 0.150. The summed E-state index contributed by atoms with van der Waals surface area (Å²) < 4.78 is 5.02. The highest BCUT2D eigenvalue weighted by Gasteiger charge is 2.43. The largest absolute Gasteiger partial charge is 0.388 e.